The summed E-state index contributed by atoms with van der Waals surface area (Å²) < 4.78 is 20.9. The Bertz CT molecular complexity index is 620. The molecule has 0 unspecified atom stereocenters. The average Bonchev–Trinajstić information content (AvgIpc) is 3.22. The first-order chi connectivity index (χ1) is 11.7. The fraction of sp³-hybridized carbons (Fsp3) is 0.500. The molecule has 0 aliphatic carbocycles. The molecule has 0 bridgehead atoms. The highest BCUT2D eigenvalue weighted by molar-refractivity contribution is 5.16. The summed E-state index contributed by atoms with van der Waals surface area (Å²) in [7, 11) is 0. The Kier molecular flexibility index (Phi) is 5.96. The maximum absolute atomic E-state index is 13.5. The minimum Gasteiger partial charge on any atom is -0.389 e. The van der Waals surface area contributed by atoms with Crippen LogP contribution in [0.25, 0.3) is 0 Å². The minimum atomic E-state index is -0.574. The molecule has 2 aromatic rings. The van der Waals surface area contributed by atoms with Crippen LogP contribution in [-0.4, -0.2) is 51.6 Å². The van der Waals surface area contributed by atoms with Crippen LogP contribution in [0.5, 0.6) is 0 Å². The first kappa shape index (κ1) is 17.1. The van der Waals surface area contributed by atoms with Crippen molar-refractivity contribution in [1.29, 1.82) is 0 Å². The second kappa shape index (κ2) is 8.37. The number of hydrogen-bond donors (Lipinski definition) is 1. The Hall–Kier alpha value is -1.76. The van der Waals surface area contributed by atoms with E-state index in [0.717, 1.165) is 25.9 Å². The highest BCUT2D eigenvalue weighted by atomic mass is 19.1. The summed E-state index contributed by atoms with van der Waals surface area (Å²) in [6.45, 7) is 2.79. The van der Waals surface area contributed by atoms with Gasteiger partial charge in [-0.25, -0.2) is 4.39 Å². The smallest absolute Gasteiger partial charge is 0.128 e. The zero-order valence-electron chi connectivity index (χ0n) is 13.7. The number of ether oxygens (including phenoxy) is 1. The Balaban J connectivity index is 1.42. The van der Waals surface area contributed by atoms with E-state index in [1.165, 1.54) is 6.07 Å². The molecule has 24 heavy (non-hydrogen) atoms. The van der Waals surface area contributed by atoms with Crippen molar-refractivity contribution in [2.75, 3.05) is 19.7 Å². The third-order valence-corrected chi connectivity index (χ3v) is 4.43. The molecule has 1 aromatic carbocycles. The molecule has 2 heterocycles. The van der Waals surface area contributed by atoms with E-state index in [1.807, 2.05) is 16.9 Å². The van der Waals surface area contributed by atoms with Gasteiger partial charge in [-0.15, -0.1) is 0 Å². The van der Waals surface area contributed by atoms with Gasteiger partial charge >= 0.3 is 0 Å². The number of likely N-dealkylation sites (tertiary alicyclic amines) is 1. The van der Waals surface area contributed by atoms with Crippen LogP contribution in [-0.2, 0) is 17.9 Å². The van der Waals surface area contributed by atoms with E-state index in [-0.39, 0.29) is 19.0 Å². The third kappa shape index (κ3) is 4.63. The van der Waals surface area contributed by atoms with Crippen molar-refractivity contribution in [3.8, 4) is 0 Å². The van der Waals surface area contributed by atoms with Gasteiger partial charge in [0.1, 0.15) is 5.82 Å². The largest absolute Gasteiger partial charge is 0.389 e. The lowest BCUT2D eigenvalue weighted by atomic mass is 10.2. The minimum absolute atomic E-state index is 0.181. The van der Waals surface area contributed by atoms with Gasteiger partial charge in [-0.1, -0.05) is 18.2 Å². The molecule has 6 heteroatoms. The molecular weight excluding hydrogens is 309 g/mol. The summed E-state index contributed by atoms with van der Waals surface area (Å²) in [6, 6.07) is 8.86. The number of β-amino-alcohol motifs (C(OH)–C–C–N with tert-alkyl or cyclic N) is 1. The van der Waals surface area contributed by atoms with E-state index in [9.17, 15) is 9.50 Å². The molecule has 1 saturated heterocycles. The zero-order chi connectivity index (χ0) is 16.8. The van der Waals surface area contributed by atoms with Crippen LogP contribution in [0.2, 0.25) is 0 Å². The predicted molar refractivity (Wildman–Crippen MR) is 88.9 cm³/mol. The zero-order valence-corrected chi connectivity index (χ0v) is 13.7. The molecule has 1 aromatic heterocycles. The van der Waals surface area contributed by atoms with E-state index in [0.29, 0.717) is 18.2 Å². The number of rotatable bonds is 8. The Morgan fingerprint density at radius 1 is 1.33 bits per heavy atom. The normalized spacial score (nSPS) is 19.7. The van der Waals surface area contributed by atoms with Crippen LogP contribution in [0.15, 0.2) is 42.7 Å². The number of nitrogens with zero attached hydrogens (tertiary/aromatic N) is 3. The third-order valence-electron chi connectivity index (χ3n) is 4.43. The molecule has 3 rings (SSSR count). The standard InChI is InChI=1S/C18H24FN3O2/c19-18-7-2-1-5-15(18)13-24-14-17(23)12-21-9-3-6-16(21)11-22-10-4-8-20-22/h1-2,4-5,7-8,10,16-17,23H,3,6,9,11-14H2/t16-,17+/m0/s1. The van der Waals surface area contributed by atoms with E-state index in [1.54, 1.807) is 24.4 Å². The maximum Gasteiger partial charge on any atom is 0.128 e. The van der Waals surface area contributed by atoms with Crippen LogP contribution in [0.4, 0.5) is 4.39 Å². The number of benzene rings is 1. The number of aromatic nitrogens is 2. The molecule has 1 fully saturated rings. The lowest BCUT2D eigenvalue weighted by molar-refractivity contribution is 0.00595. The van der Waals surface area contributed by atoms with Crippen LogP contribution >= 0.6 is 0 Å². The number of aliphatic hydroxyl groups excluding tert-OH is 1. The van der Waals surface area contributed by atoms with E-state index in [2.05, 4.69) is 10.00 Å². The average molecular weight is 333 g/mol. The molecule has 130 valence electrons. The number of hydrogen-bond acceptors (Lipinski definition) is 4. The Morgan fingerprint density at radius 3 is 3.00 bits per heavy atom. The summed E-state index contributed by atoms with van der Waals surface area (Å²) in [4.78, 5) is 2.29. The number of halogens is 1. The molecule has 0 spiro atoms. The Labute approximate surface area is 141 Å². The second-order valence-corrected chi connectivity index (χ2v) is 6.28. The van der Waals surface area contributed by atoms with Crippen LogP contribution in [0, 0.1) is 5.82 Å². The van der Waals surface area contributed by atoms with Gasteiger partial charge in [-0.3, -0.25) is 9.58 Å². The predicted octanol–water partition coefficient (Wildman–Crippen LogP) is 2.06. The summed E-state index contributed by atoms with van der Waals surface area (Å²) in [6.07, 6.45) is 5.42. The summed E-state index contributed by atoms with van der Waals surface area (Å²) in [5.41, 5.74) is 0.516. The Morgan fingerprint density at radius 2 is 2.21 bits per heavy atom. The molecule has 5 nitrogen and oxygen atoms in total. The number of aliphatic hydroxyl groups is 1. The van der Waals surface area contributed by atoms with Crippen molar-refractivity contribution in [2.45, 2.75) is 38.1 Å². The monoisotopic (exact) mass is 333 g/mol. The van der Waals surface area contributed by atoms with E-state index < -0.39 is 6.10 Å². The second-order valence-electron chi connectivity index (χ2n) is 6.28. The molecule has 1 N–H and O–H groups in total. The van der Waals surface area contributed by atoms with Crippen molar-refractivity contribution in [3.05, 3.63) is 54.1 Å². The van der Waals surface area contributed by atoms with E-state index >= 15 is 0 Å². The topological polar surface area (TPSA) is 50.5 Å². The van der Waals surface area contributed by atoms with Crippen molar-refractivity contribution in [1.82, 2.24) is 14.7 Å². The molecule has 0 radical (unpaired) electrons. The SMILES string of the molecule is O[C@@H](COCc1ccccc1F)CN1CCC[C@H]1Cn1cccn1. The van der Waals surface area contributed by atoms with Crippen molar-refractivity contribution in [3.63, 3.8) is 0 Å². The molecule has 1 aliphatic heterocycles. The summed E-state index contributed by atoms with van der Waals surface area (Å²) in [5, 5.41) is 14.5. The van der Waals surface area contributed by atoms with Crippen LogP contribution in [0.3, 0.4) is 0 Å². The summed E-state index contributed by atoms with van der Waals surface area (Å²) >= 11 is 0. The highest BCUT2D eigenvalue weighted by Gasteiger charge is 2.26. The molecule has 2 atom stereocenters. The van der Waals surface area contributed by atoms with Gasteiger partial charge in [0.25, 0.3) is 0 Å². The lowest BCUT2D eigenvalue weighted by Crippen LogP contribution is -2.40. The fourth-order valence-electron chi connectivity index (χ4n) is 3.21. The van der Waals surface area contributed by atoms with Gasteiger partial charge in [0.15, 0.2) is 0 Å². The van der Waals surface area contributed by atoms with Gasteiger partial charge in [0, 0.05) is 30.5 Å². The van der Waals surface area contributed by atoms with Crippen LogP contribution in [0.1, 0.15) is 18.4 Å². The first-order valence-electron chi connectivity index (χ1n) is 8.43. The van der Waals surface area contributed by atoms with Crippen LogP contribution < -0.4 is 0 Å². The van der Waals surface area contributed by atoms with Gasteiger partial charge in [0.05, 0.1) is 25.9 Å². The maximum atomic E-state index is 13.5. The first-order valence-corrected chi connectivity index (χ1v) is 8.43. The highest BCUT2D eigenvalue weighted by Crippen LogP contribution is 2.19. The van der Waals surface area contributed by atoms with Crippen molar-refractivity contribution < 1.29 is 14.2 Å². The molecule has 1 aliphatic rings. The van der Waals surface area contributed by atoms with Gasteiger partial charge in [0.2, 0.25) is 0 Å². The fourth-order valence-corrected chi connectivity index (χ4v) is 3.21. The van der Waals surface area contributed by atoms with Gasteiger partial charge in [-0.05, 0) is 31.5 Å². The van der Waals surface area contributed by atoms with Gasteiger partial charge < -0.3 is 9.84 Å². The van der Waals surface area contributed by atoms with Crippen molar-refractivity contribution in [2.24, 2.45) is 0 Å². The molecule has 0 saturated carbocycles. The quantitative estimate of drug-likeness (QED) is 0.803. The van der Waals surface area contributed by atoms with Gasteiger partial charge in [-0.2, -0.15) is 5.10 Å². The van der Waals surface area contributed by atoms with E-state index in [4.69, 9.17) is 4.74 Å². The lowest BCUT2D eigenvalue weighted by Gasteiger charge is -2.26. The molecule has 0 amide bonds. The van der Waals surface area contributed by atoms with Crippen molar-refractivity contribution >= 4 is 0 Å². The molecular formula is C18H24FN3O2. The summed E-state index contributed by atoms with van der Waals surface area (Å²) in [5.74, 6) is -0.272.